The SMILES string of the molecule is CCOC(=O)CCCCCOCCOCC(C)C. The van der Waals surface area contributed by atoms with Gasteiger partial charge in [0.2, 0.25) is 0 Å². The number of hydrogen-bond donors (Lipinski definition) is 0. The Kier molecular flexibility index (Phi) is 12.4. The first-order valence-corrected chi connectivity index (χ1v) is 6.98. The number of esters is 1. The first-order valence-electron chi connectivity index (χ1n) is 6.98. The molecule has 0 aliphatic carbocycles. The second kappa shape index (κ2) is 12.8. The normalized spacial score (nSPS) is 10.9. The minimum atomic E-state index is -0.0968. The summed E-state index contributed by atoms with van der Waals surface area (Å²) in [6.07, 6.45) is 3.40. The number of carbonyl (C=O) groups is 1. The summed E-state index contributed by atoms with van der Waals surface area (Å²) in [5.74, 6) is 0.480. The first-order chi connectivity index (χ1) is 8.66. The predicted molar refractivity (Wildman–Crippen MR) is 71.6 cm³/mol. The molecule has 0 amide bonds. The van der Waals surface area contributed by atoms with Crippen LogP contribution in [0.3, 0.4) is 0 Å². The Morgan fingerprint density at radius 3 is 2.39 bits per heavy atom. The molecule has 4 heteroatoms. The van der Waals surface area contributed by atoms with E-state index in [2.05, 4.69) is 13.8 Å². The zero-order valence-electron chi connectivity index (χ0n) is 12.1. The maximum Gasteiger partial charge on any atom is 0.305 e. The smallest absolute Gasteiger partial charge is 0.305 e. The number of hydrogen-bond acceptors (Lipinski definition) is 4. The fourth-order valence-corrected chi connectivity index (χ4v) is 1.42. The van der Waals surface area contributed by atoms with Crippen molar-refractivity contribution >= 4 is 5.97 Å². The van der Waals surface area contributed by atoms with Crippen LogP contribution in [0.5, 0.6) is 0 Å². The van der Waals surface area contributed by atoms with Gasteiger partial charge in [0.15, 0.2) is 0 Å². The fraction of sp³-hybridized carbons (Fsp3) is 0.929. The quantitative estimate of drug-likeness (QED) is 0.400. The third kappa shape index (κ3) is 13.5. The molecule has 0 radical (unpaired) electrons. The molecular weight excluding hydrogens is 232 g/mol. The molecule has 0 bridgehead atoms. The standard InChI is InChI=1S/C14H28O4/c1-4-18-14(15)8-6-5-7-9-16-10-11-17-12-13(2)3/h13H,4-12H2,1-3H3. The van der Waals surface area contributed by atoms with E-state index in [4.69, 9.17) is 14.2 Å². The highest BCUT2D eigenvalue weighted by Crippen LogP contribution is 2.01. The summed E-state index contributed by atoms with van der Waals surface area (Å²) in [6, 6.07) is 0. The zero-order valence-corrected chi connectivity index (χ0v) is 12.1. The highest BCUT2D eigenvalue weighted by molar-refractivity contribution is 5.69. The maximum absolute atomic E-state index is 11.0. The van der Waals surface area contributed by atoms with Crippen molar-refractivity contribution < 1.29 is 19.0 Å². The number of carbonyl (C=O) groups excluding carboxylic acids is 1. The lowest BCUT2D eigenvalue weighted by atomic mass is 10.2. The van der Waals surface area contributed by atoms with Gasteiger partial charge < -0.3 is 14.2 Å². The Balaban J connectivity index is 3.05. The molecule has 0 heterocycles. The number of unbranched alkanes of at least 4 members (excludes halogenated alkanes) is 2. The van der Waals surface area contributed by atoms with Crippen molar-refractivity contribution in [2.45, 2.75) is 46.5 Å². The van der Waals surface area contributed by atoms with Crippen molar-refractivity contribution in [2.75, 3.05) is 33.0 Å². The van der Waals surface area contributed by atoms with E-state index in [9.17, 15) is 4.79 Å². The van der Waals surface area contributed by atoms with Gasteiger partial charge in [-0.1, -0.05) is 20.3 Å². The zero-order chi connectivity index (χ0) is 13.6. The van der Waals surface area contributed by atoms with E-state index in [0.717, 1.165) is 32.5 Å². The molecule has 0 aliphatic heterocycles. The molecule has 0 saturated heterocycles. The summed E-state index contributed by atoms with van der Waals surface area (Å²) in [5, 5.41) is 0. The van der Waals surface area contributed by atoms with Gasteiger partial charge in [0.05, 0.1) is 19.8 Å². The van der Waals surface area contributed by atoms with Crippen molar-refractivity contribution in [3.05, 3.63) is 0 Å². The van der Waals surface area contributed by atoms with Crippen LogP contribution >= 0.6 is 0 Å². The summed E-state index contributed by atoms with van der Waals surface area (Å²) in [6.45, 7) is 9.42. The molecule has 0 aromatic carbocycles. The van der Waals surface area contributed by atoms with Crippen LogP contribution in [0, 0.1) is 5.92 Å². The van der Waals surface area contributed by atoms with Gasteiger partial charge in [-0.05, 0) is 25.7 Å². The molecule has 4 nitrogen and oxygen atoms in total. The molecule has 0 aliphatic rings. The average molecular weight is 260 g/mol. The number of rotatable bonds is 12. The van der Waals surface area contributed by atoms with Crippen LogP contribution in [0.1, 0.15) is 46.5 Å². The van der Waals surface area contributed by atoms with Gasteiger partial charge >= 0.3 is 5.97 Å². The second-order valence-corrected chi connectivity index (χ2v) is 4.70. The van der Waals surface area contributed by atoms with E-state index in [0.29, 0.717) is 32.2 Å². The van der Waals surface area contributed by atoms with Gasteiger partial charge in [-0.25, -0.2) is 0 Å². The van der Waals surface area contributed by atoms with E-state index in [1.165, 1.54) is 0 Å². The van der Waals surface area contributed by atoms with Gasteiger partial charge in [0, 0.05) is 19.6 Å². The highest BCUT2D eigenvalue weighted by atomic mass is 16.5. The summed E-state index contributed by atoms with van der Waals surface area (Å²) < 4.78 is 15.7. The molecule has 0 aromatic heterocycles. The molecular formula is C14H28O4. The fourth-order valence-electron chi connectivity index (χ4n) is 1.42. The first kappa shape index (κ1) is 17.4. The van der Waals surface area contributed by atoms with E-state index in [1.54, 1.807) is 0 Å². The van der Waals surface area contributed by atoms with E-state index < -0.39 is 0 Å². The Hall–Kier alpha value is -0.610. The minimum absolute atomic E-state index is 0.0968. The van der Waals surface area contributed by atoms with Gasteiger partial charge in [0.25, 0.3) is 0 Å². The Morgan fingerprint density at radius 1 is 1.00 bits per heavy atom. The number of ether oxygens (including phenoxy) is 3. The second-order valence-electron chi connectivity index (χ2n) is 4.70. The van der Waals surface area contributed by atoms with Crippen LogP contribution in [0.25, 0.3) is 0 Å². The predicted octanol–water partition coefficient (Wildman–Crippen LogP) is 2.80. The van der Waals surface area contributed by atoms with Gasteiger partial charge in [-0.15, -0.1) is 0 Å². The Bertz CT molecular complexity index is 192. The summed E-state index contributed by atoms with van der Waals surface area (Å²) >= 11 is 0. The van der Waals surface area contributed by atoms with Crippen LogP contribution in [-0.4, -0.2) is 39.0 Å². The highest BCUT2D eigenvalue weighted by Gasteiger charge is 2.00. The van der Waals surface area contributed by atoms with Crippen LogP contribution in [0.4, 0.5) is 0 Å². The minimum Gasteiger partial charge on any atom is -0.466 e. The van der Waals surface area contributed by atoms with Crippen LogP contribution in [0.15, 0.2) is 0 Å². The molecule has 0 saturated carbocycles. The monoisotopic (exact) mass is 260 g/mol. The summed E-state index contributed by atoms with van der Waals surface area (Å²) in [4.78, 5) is 11.0. The molecule has 0 spiro atoms. The lowest BCUT2D eigenvalue weighted by Gasteiger charge is -2.07. The molecule has 0 aromatic rings. The Labute approximate surface area is 111 Å². The van der Waals surface area contributed by atoms with Crippen molar-refractivity contribution in [3.63, 3.8) is 0 Å². The maximum atomic E-state index is 11.0. The van der Waals surface area contributed by atoms with Crippen molar-refractivity contribution in [2.24, 2.45) is 5.92 Å². The van der Waals surface area contributed by atoms with Gasteiger partial charge in [0.1, 0.15) is 0 Å². The van der Waals surface area contributed by atoms with Crippen LogP contribution < -0.4 is 0 Å². The van der Waals surface area contributed by atoms with Crippen LogP contribution in [0.2, 0.25) is 0 Å². The van der Waals surface area contributed by atoms with E-state index in [-0.39, 0.29) is 5.97 Å². The lowest BCUT2D eigenvalue weighted by Crippen LogP contribution is -2.09. The molecule has 0 atom stereocenters. The summed E-state index contributed by atoms with van der Waals surface area (Å²) in [7, 11) is 0. The summed E-state index contributed by atoms with van der Waals surface area (Å²) in [5.41, 5.74) is 0. The molecule has 18 heavy (non-hydrogen) atoms. The van der Waals surface area contributed by atoms with E-state index in [1.807, 2.05) is 6.92 Å². The van der Waals surface area contributed by atoms with Crippen molar-refractivity contribution in [1.29, 1.82) is 0 Å². The third-order valence-corrected chi connectivity index (χ3v) is 2.30. The van der Waals surface area contributed by atoms with Crippen LogP contribution in [-0.2, 0) is 19.0 Å². The molecule has 0 unspecified atom stereocenters. The topological polar surface area (TPSA) is 44.8 Å². The largest absolute Gasteiger partial charge is 0.466 e. The molecule has 0 N–H and O–H groups in total. The molecule has 0 fully saturated rings. The Morgan fingerprint density at radius 2 is 1.72 bits per heavy atom. The third-order valence-electron chi connectivity index (χ3n) is 2.30. The van der Waals surface area contributed by atoms with E-state index >= 15 is 0 Å². The lowest BCUT2D eigenvalue weighted by molar-refractivity contribution is -0.143. The molecule has 0 rings (SSSR count). The van der Waals surface area contributed by atoms with Crippen molar-refractivity contribution in [1.82, 2.24) is 0 Å². The van der Waals surface area contributed by atoms with Gasteiger partial charge in [-0.3, -0.25) is 4.79 Å². The average Bonchev–Trinajstić information content (AvgIpc) is 2.31. The molecule has 108 valence electrons. The van der Waals surface area contributed by atoms with Crippen molar-refractivity contribution in [3.8, 4) is 0 Å². The van der Waals surface area contributed by atoms with Gasteiger partial charge in [-0.2, -0.15) is 0 Å².